The summed E-state index contributed by atoms with van der Waals surface area (Å²) in [5.41, 5.74) is 0. The smallest absolute Gasteiger partial charge is 0.317 e. The van der Waals surface area contributed by atoms with Crippen LogP contribution in [0, 0.1) is 11.8 Å². The zero-order valence-electron chi connectivity index (χ0n) is 14.3. The molecule has 3 aliphatic rings. The predicted molar refractivity (Wildman–Crippen MR) is 90.5 cm³/mol. The topological polar surface area (TPSA) is 93.7 Å². The van der Waals surface area contributed by atoms with Gasteiger partial charge < -0.3 is 26.0 Å². The van der Waals surface area contributed by atoms with Gasteiger partial charge in [0.05, 0.1) is 12.0 Å². The zero-order valence-corrected chi connectivity index (χ0v) is 14.3. The van der Waals surface area contributed by atoms with Gasteiger partial charge in [0.15, 0.2) is 0 Å². The van der Waals surface area contributed by atoms with E-state index in [9.17, 15) is 14.7 Å². The third-order valence-corrected chi connectivity index (χ3v) is 5.60. The molecule has 3 rings (SSSR count). The number of β-amino-alcohol motifs (C(OH)–C–C–N with tert-alkyl or cyclic N) is 1. The van der Waals surface area contributed by atoms with Gasteiger partial charge in [-0.05, 0) is 25.7 Å². The molecule has 2 aliphatic heterocycles. The third-order valence-electron chi connectivity index (χ3n) is 5.60. The summed E-state index contributed by atoms with van der Waals surface area (Å²) in [6, 6.07) is 0.290. The van der Waals surface area contributed by atoms with Crippen molar-refractivity contribution >= 4 is 11.9 Å². The van der Waals surface area contributed by atoms with Crippen LogP contribution in [0.2, 0.25) is 0 Å². The maximum Gasteiger partial charge on any atom is 0.317 e. The van der Waals surface area contributed by atoms with Crippen molar-refractivity contribution < 1.29 is 14.7 Å². The Morgan fingerprint density at radius 2 is 1.92 bits per heavy atom. The lowest BCUT2D eigenvalue weighted by atomic mass is 9.97. The van der Waals surface area contributed by atoms with Crippen LogP contribution in [-0.2, 0) is 4.79 Å². The van der Waals surface area contributed by atoms with Crippen LogP contribution < -0.4 is 16.0 Å². The van der Waals surface area contributed by atoms with E-state index in [0.717, 1.165) is 38.8 Å². The molecule has 24 heavy (non-hydrogen) atoms. The molecule has 0 aromatic rings. The summed E-state index contributed by atoms with van der Waals surface area (Å²) in [6.07, 6.45) is 5.83. The summed E-state index contributed by atoms with van der Waals surface area (Å²) in [6.45, 7) is 3.06. The summed E-state index contributed by atoms with van der Waals surface area (Å²) in [7, 11) is 0. The maximum atomic E-state index is 12.4. The minimum absolute atomic E-state index is 0.00691. The van der Waals surface area contributed by atoms with Gasteiger partial charge in [-0.15, -0.1) is 0 Å². The minimum atomic E-state index is -0.384. The van der Waals surface area contributed by atoms with Crippen LogP contribution in [0.3, 0.4) is 0 Å². The lowest BCUT2D eigenvalue weighted by Gasteiger charge is -2.33. The summed E-state index contributed by atoms with van der Waals surface area (Å²) < 4.78 is 0. The number of nitrogens with zero attached hydrogens (tertiary/aromatic N) is 1. The average molecular weight is 338 g/mol. The lowest BCUT2D eigenvalue weighted by Crippen LogP contribution is -2.51. The second-order valence-corrected chi connectivity index (χ2v) is 7.45. The van der Waals surface area contributed by atoms with Crippen LogP contribution in [0.15, 0.2) is 0 Å². The summed E-state index contributed by atoms with van der Waals surface area (Å²) in [5.74, 6) is -0.0497. The van der Waals surface area contributed by atoms with Crippen molar-refractivity contribution in [3.8, 4) is 0 Å². The highest BCUT2D eigenvalue weighted by Crippen LogP contribution is 2.20. The summed E-state index contributed by atoms with van der Waals surface area (Å²) in [5, 5.41) is 19.0. The van der Waals surface area contributed by atoms with Gasteiger partial charge >= 0.3 is 6.03 Å². The van der Waals surface area contributed by atoms with Crippen molar-refractivity contribution in [2.45, 2.75) is 50.7 Å². The Bertz CT molecular complexity index is 453. The molecule has 1 aliphatic carbocycles. The quantitative estimate of drug-likeness (QED) is 0.583. The van der Waals surface area contributed by atoms with E-state index in [0.29, 0.717) is 25.7 Å². The maximum absolute atomic E-state index is 12.4. The summed E-state index contributed by atoms with van der Waals surface area (Å²) >= 11 is 0. The molecule has 2 heterocycles. The molecule has 0 bridgehead atoms. The van der Waals surface area contributed by atoms with Crippen LogP contribution >= 0.6 is 0 Å². The monoisotopic (exact) mass is 338 g/mol. The van der Waals surface area contributed by atoms with Crippen molar-refractivity contribution in [2.24, 2.45) is 11.8 Å². The van der Waals surface area contributed by atoms with Crippen LogP contribution in [0.1, 0.15) is 38.5 Å². The number of piperidine rings is 1. The third kappa shape index (κ3) is 4.39. The van der Waals surface area contributed by atoms with Crippen molar-refractivity contribution in [1.82, 2.24) is 20.9 Å². The Kier molecular flexibility index (Phi) is 5.94. The number of urea groups is 1. The molecule has 4 N–H and O–H groups in total. The number of carbonyl (C=O) groups excluding carboxylic acids is 2. The normalized spacial score (nSPS) is 31.2. The van der Waals surface area contributed by atoms with Crippen LogP contribution in [0.4, 0.5) is 4.79 Å². The molecule has 0 aromatic carbocycles. The van der Waals surface area contributed by atoms with E-state index in [1.807, 2.05) is 0 Å². The molecule has 3 unspecified atom stereocenters. The van der Waals surface area contributed by atoms with Crippen LogP contribution in [-0.4, -0.2) is 66.8 Å². The van der Waals surface area contributed by atoms with E-state index >= 15 is 0 Å². The first kappa shape index (κ1) is 17.5. The first-order valence-electron chi connectivity index (χ1n) is 9.35. The number of aliphatic hydroxyl groups excluding tert-OH is 1. The molecule has 3 fully saturated rings. The van der Waals surface area contributed by atoms with Gasteiger partial charge in [0.2, 0.25) is 5.91 Å². The molecule has 7 heteroatoms. The number of hydrogen-bond acceptors (Lipinski definition) is 4. The second-order valence-electron chi connectivity index (χ2n) is 7.45. The first-order valence-corrected chi connectivity index (χ1v) is 9.35. The number of nitrogens with one attached hydrogen (secondary N) is 3. The fraction of sp³-hybridized carbons (Fsp3) is 0.882. The molecule has 0 aromatic heterocycles. The Morgan fingerprint density at radius 1 is 1.12 bits per heavy atom. The summed E-state index contributed by atoms with van der Waals surface area (Å²) in [4.78, 5) is 26.6. The van der Waals surface area contributed by atoms with Crippen LogP contribution in [0.25, 0.3) is 0 Å². The highest BCUT2D eigenvalue weighted by Gasteiger charge is 2.31. The Balaban J connectivity index is 1.43. The average Bonchev–Trinajstić information content (AvgIpc) is 3.24. The lowest BCUT2D eigenvalue weighted by molar-refractivity contribution is -0.126. The van der Waals surface area contributed by atoms with E-state index in [1.54, 1.807) is 4.90 Å². The van der Waals surface area contributed by atoms with Gasteiger partial charge in [-0.25, -0.2) is 4.79 Å². The van der Waals surface area contributed by atoms with Gasteiger partial charge in [0.1, 0.15) is 0 Å². The highest BCUT2D eigenvalue weighted by molar-refractivity contribution is 5.81. The number of likely N-dealkylation sites (tertiary alicyclic amines) is 1. The standard InChI is InChI=1S/C17H30N4O3/c22-15-10-18-8-13(15)9-19-16(23)12-4-3-7-21(11-12)17(24)20-14-5-1-2-6-14/h12-15,18,22H,1-11H2,(H,19,23)(H,20,24). The number of carbonyl (C=O) groups is 2. The van der Waals surface area contributed by atoms with Gasteiger partial charge in [-0.3, -0.25) is 4.79 Å². The van der Waals surface area contributed by atoms with Gasteiger partial charge in [0.25, 0.3) is 0 Å². The molecule has 3 atom stereocenters. The zero-order chi connectivity index (χ0) is 16.9. The van der Waals surface area contributed by atoms with E-state index in [4.69, 9.17) is 0 Å². The Morgan fingerprint density at radius 3 is 2.62 bits per heavy atom. The van der Waals surface area contributed by atoms with Gasteiger partial charge in [-0.1, -0.05) is 12.8 Å². The molecule has 1 saturated carbocycles. The molecule has 0 spiro atoms. The number of rotatable bonds is 4. The van der Waals surface area contributed by atoms with E-state index in [2.05, 4.69) is 16.0 Å². The second kappa shape index (κ2) is 8.16. The molecular formula is C17H30N4O3. The molecule has 0 radical (unpaired) electrons. The number of amides is 3. The van der Waals surface area contributed by atoms with Crippen molar-refractivity contribution in [1.29, 1.82) is 0 Å². The fourth-order valence-corrected chi connectivity index (χ4v) is 4.02. The van der Waals surface area contributed by atoms with Gasteiger partial charge in [0, 0.05) is 44.7 Å². The van der Waals surface area contributed by atoms with Crippen LogP contribution in [0.5, 0.6) is 0 Å². The number of aliphatic hydroxyl groups is 1. The highest BCUT2D eigenvalue weighted by atomic mass is 16.3. The molecule has 7 nitrogen and oxygen atoms in total. The fourth-order valence-electron chi connectivity index (χ4n) is 4.02. The Hall–Kier alpha value is -1.34. The van der Waals surface area contributed by atoms with E-state index in [-0.39, 0.29) is 29.9 Å². The Labute approximate surface area is 143 Å². The SMILES string of the molecule is O=C(NCC1CNCC1O)C1CCCN(C(=O)NC2CCCC2)C1. The van der Waals surface area contributed by atoms with Crippen molar-refractivity contribution in [3.05, 3.63) is 0 Å². The first-order chi connectivity index (χ1) is 11.6. The van der Waals surface area contributed by atoms with E-state index < -0.39 is 0 Å². The van der Waals surface area contributed by atoms with Crippen molar-refractivity contribution in [2.75, 3.05) is 32.7 Å². The largest absolute Gasteiger partial charge is 0.391 e. The molecule has 2 saturated heterocycles. The van der Waals surface area contributed by atoms with E-state index in [1.165, 1.54) is 12.8 Å². The molecule has 3 amide bonds. The van der Waals surface area contributed by atoms with Crippen molar-refractivity contribution in [3.63, 3.8) is 0 Å². The molecule has 136 valence electrons. The number of hydrogen-bond donors (Lipinski definition) is 4. The minimum Gasteiger partial charge on any atom is -0.391 e. The molecular weight excluding hydrogens is 308 g/mol. The van der Waals surface area contributed by atoms with Gasteiger partial charge in [-0.2, -0.15) is 0 Å². The predicted octanol–water partition coefficient (Wildman–Crippen LogP) is 0.0471.